The molecule has 0 unspecified atom stereocenters. The van der Waals surface area contributed by atoms with E-state index in [4.69, 9.17) is 20.6 Å². The van der Waals surface area contributed by atoms with Gasteiger partial charge in [-0.05, 0) is 50.6 Å². The van der Waals surface area contributed by atoms with Crippen molar-refractivity contribution in [3.8, 4) is 11.5 Å². The lowest BCUT2D eigenvalue weighted by atomic mass is 10.00. The Morgan fingerprint density at radius 3 is 2.39 bits per heavy atom. The molecule has 11 nitrogen and oxygen atoms in total. The van der Waals surface area contributed by atoms with Crippen LogP contribution in [0.3, 0.4) is 0 Å². The molecule has 1 aromatic carbocycles. The minimum atomic E-state index is -3.20. The van der Waals surface area contributed by atoms with Crippen LogP contribution in [-0.2, 0) is 10.0 Å². The Balaban J connectivity index is 1.57. The molecule has 2 aromatic heterocycles. The molecule has 12 heteroatoms. The number of anilines is 2. The summed E-state index contributed by atoms with van der Waals surface area (Å²) < 4.78 is 37.0. The van der Waals surface area contributed by atoms with Gasteiger partial charge in [-0.15, -0.1) is 0 Å². The largest absolute Gasteiger partial charge is 0.492 e. The summed E-state index contributed by atoms with van der Waals surface area (Å²) in [6.45, 7) is 7.68. The molecule has 1 saturated heterocycles. The predicted molar refractivity (Wildman–Crippen MR) is 147 cm³/mol. The number of nitrogens with one attached hydrogen (secondary N) is 1. The fourth-order valence-corrected chi connectivity index (χ4v) is 5.55. The molecule has 0 saturated carbocycles. The number of rotatable bonds is 8. The lowest BCUT2D eigenvalue weighted by Crippen LogP contribution is -2.48. The molecular formula is C26H33N7O4S. The molecule has 1 fully saturated rings. The summed E-state index contributed by atoms with van der Waals surface area (Å²) in [4.78, 5) is 6.57. The van der Waals surface area contributed by atoms with Gasteiger partial charge in [0, 0.05) is 49.2 Å². The maximum absolute atomic E-state index is 11.8. The van der Waals surface area contributed by atoms with Gasteiger partial charge >= 0.3 is 0 Å². The highest BCUT2D eigenvalue weighted by Gasteiger charge is 2.25. The highest BCUT2D eigenvalue weighted by atomic mass is 32.2. The molecule has 4 rings (SSSR count). The maximum Gasteiger partial charge on any atom is 0.211 e. The van der Waals surface area contributed by atoms with Crippen molar-refractivity contribution < 1.29 is 17.9 Å². The summed E-state index contributed by atoms with van der Waals surface area (Å²) in [5, 5.41) is 17.1. The van der Waals surface area contributed by atoms with E-state index in [2.05, 4.69) is 15.2 Å². The average molecular weight is 540 g/mol. The highest BCUT2D eigenvalue weighted by molar-refractivity contribution is 7.88. The number of benzene rings is 1. The summed E-state index contributed by atoms with van der Waals surface area (Å²) in [6, 6.07) is 7.06. The fourth-order valence-electron chi connectivity index (χ4n) is 4.72. The molecule has 38 heavy (non-hydrogen) atoms. The van der Waals surface area contributed by atoms with E-state index in [1.807, 2.05) is 31.7 Å². The zero-order valence-corrected chi connectivity index (χ0v) is 23.0. The molecule has 0 amide bonds. The standard InChI is InChI=1S/C26H33N7O4S/c1-16-14-30-31-17(2)23(16)18(3)37-21-8-7-20(27)24(26(21)36-4)25(28)19-6-9-22(29-15-19)32-10-12-33(13-11-32)38(5,34)35/h6-9,14-15,18,28H,10-13,27H2,1-5H3/t18-/m1/s1. The van der Waals surface area contributed by atoms with E-state index in [-0.39, 0.29) is 11.8 Å². The molecule has 0 radical (unpaired) electrons. The van der Waals surface area contributed by atoms with Crippen LogP contribution < -0.4 is 20.1 Å². The van der Waals surface area contributed by atoms with Crippen LogP contribution in [0.4, 0.5) is 11.5 Å². The molecule has 202 valence electrons. The number of hydrogen-bond acceptors (Lipinski definition) is 10. The molecule has 1 aliphatic heterocycles. The number of piperazine rings is 1. The van der Waals surface area contributed by atoms with Crippen LogP contribution in [0.15, 0.2) is 36.7 Å². The maximum atomic E-state index is 11.8. The first-order chi connectivity index (χ1) is 18.0. The Kier molecular flexibility index (Phi) is 7.83. The third-order valence-electron chi connectivity index (χ3n) is 6.66. The van der Waals surface area contributed by atoms with Crippen molar-refractivity contribution in [3.63, 3.8) is 0 Å². The monoisotopic (exact) mass is 539 g/mol. The van der Waals surface area contributed by atoms with Crippen LogP contribution >= 0.6 is 0 Å². The first kappa shape index (κ1) is 27.3. The first-order valence-corrected chi connectivity index (χ1v) is 14.0. The van der Waals surface area contributed by atoms with Crippen LogP contribution in [-0.4, -0.2) is 73.2 Å². The average Bonchev–Trinajstić information content (AvgIpc) is 2.88. The normalized spacial score (nSPS) is 15.2. The van der Waals surface area contributed by atoms with Gasteiger partial charge in [0.05, 0.1) is 36.5 Å². The zero-order valence-electron chi connectivity index (χ0n) is 22.2. The van der Waals surface area contributed by atoms with Crippen molar-refractivity contribution in [2.24, 2.45) is 0 Å². The molecular weight excluding hydrogens is 506 g/mol. The molecule has 3 N–H and O–H groups in total. The summed E-state index contributed by atoms with van der Waals surface area (Å²) in [6.07, 6.45) is 4.20. The molecule has 0 spiro atoms. The van der Waals surface area contributed by atoms with Gasteiger partial charge in [0.2, 0.25) is 10.0 Å². The van der Waals surface area contributed by atoms with Crippen molar-refractivity contribution in [2.45, 2.75) is 26.9 Å². The first-order valence-electron chi connectivity index (χ1n) is 12.2. The molecule has 0 bridgehead atoms. The predicted octanol–water partition coefficient (Wildman–Crippen LogP) is 2.72. The van der Waals surface area contributed by atoms with Gasteiger partial charge < -0.3 is 20.1 Å². The van der Waals surface area contributed by atoms with E-state index >= 15 is 0 Å². The Hall–Kier alpha value is -3.77. The Bertz CT molecular complexity index is 1420. The number of hydrogen-bond donors (Lipinski definition) is 2. The minimum absolute atomic E-state index is 0.149. The van der Waals surface area contributed by atoms with Crippen molar-refractivity contribution >= 4 is 27.2 Å². The number of pyridine rings is 1. The third-order valence-corrected chi connectivity index (χ3v) is 7.96. The quantitative estimate of drug-likeness (QED) is 0.326. The fraction of sp³-hybridized carbons (Fsp3) is 0.385. The van der Waals surface area contributed by atoms with Gasteiger partial charge in [0.15, 0.2) is 11.5 Å². The molecule has 1 aliphatic rings. The van der Waals surface area contributed by atoms with Crippen LogP contribution in [0, 0.1) is 19.3 Å². The topological polar surface area (TPSA) is 148 Å². The minimum Gasteiger partial charge on any atom is -0.492 e. The molecule has 1 atom stereocenters. The number of ether oxygens (including phenoxy) is 2. The van der Waals surface area contributed by atoms with Crippen LogP contribution in [0.5, 0.6) is 11.5 Å². The molecule has 3 aromatic rings. The second-order valence-electron chi connectivity index (χ2n) is 9.28. The Morgan fingerprint density at radius 1 is 1.11 bits per heavy atom. The Labute approximate surface area is 223 Å². The number of nitrogen functional groups attached to an aromatic ring is 1. The van der Waals surface area contributed by atoms with Crippen molar-refractivity contribution in [1.82, 2.24) is 19.5 Å². The number of aryl methyl sites for hydroxylation is 2. The van der Waals surface area contributed by atoms with Crippen LogP contribution in [0.2, 0.25) is 0 Å². The SMILES string of the molecule is COc1c(O[C@H](C)c2c(C)cnnc2C)ccc(N)c1C(=N)c1ccc(N2CCN(S(C)(=O)=O)CC2)nc1. The smallest absolute Gasteiger partial charge is 0.211 e. The van der Waals surface area contributed by atoms with Crippen molar-refractivity contribution in [2.75, 3.05) is 50.2 Å². The van der Waals surface area contributed by atoms with Crippen LogP contribution in [0.1, 0.15) is 41.0 Å². The Morgan fingerprint density at radius 2 is 1.82 bits per heavy atom. The van der Waals surface area contributed by atoms with Gasteiger partial charge in [0.25, 0.3) is 0 Å². The van der Waals surface area contributed by atoms with E-state index in [1.54, 1.807) is 30.6 Å². The number of nitrogens with zero attached hydrogens (tertiary/aromatic N) is 5. The molecule has 0 aliphatic carbocycles. The van der Waals surface area contributed by atoms with Gasteiger partial charge in [-0.1, -0.05) is 0 Å². The van der Waals surface area contributed by atoms with Gasteiger partial charge in [-0.2, -0.15) is 14.5 Å². The van der Waals surface area contributed by atoms with Gasteiger partial charge in [0.1, 0.15) is 11.9 Å². The van der Waals surface area contributed by atoms with E-state index < -0.39 is 10.0 Å². The number of sulfonamides is 1. The lowest BCUT2D eigenvalue weighted by molar-refractivity contribution is 0.213. The second-order valence-corrected chi connectivity index (χ2v) is 11.3. The number of methoxy groups -OCH3 is 1. The van der Waals surface area contributed by atoms with Crippen molar-refractivity contribution in [3.05, 3.63) is 64.6 Å². The van der Waals surface area contributed by atoms with E-state index in [9.17, 15) is 8.42 Å². The summed E-state index contributed by atoms with van der Waals surface area (Å²) in [5.74, 6) is 1.54. The summed E-state index contributed by atoms with van der Waals surface area (Å²) in [7, 11) is -1.69. The van der Waals surface area contributed by atoms with E-state index in [1.165, 1.54) is 17.7 Å². The number of nitrogens with two attached hydrogens (primary N) is 1. The summed E-state index contributed by atoms with van der Waals surface area (Å²) >= 11 is 0. The molecule has 3 heterocycles. The van der Waals surface area contributed by atoms with Crippen molar-refractivity contribution in [1.29, 1.82) is 5.41 Å². The second kappa shape index (κ2) is 10.9. The lowest BCUT2D eigenvalue weighted by Gasteiger charge is -2.34. The summed E-state index contributed by atoms with van der Waals surface area (Å²) in [5.41, 5.74) is 10.5. The highest BCUT2D eigenvalue weighted by Crippen LogP contribution is 2.39. The van der Waals surface area contributed by atoms with Crippen LogP contribution in [0.25, 0.3) is 0 Å². The van der Waals surface area contributed by atoms with Gasteiger partial charge in [-0.25, -0.2) is 13.4 Å². The van der Waals surface area contributed by atoms with E-state index in [0.29, 0.717) is 54.5 Å². The van der Waals surface area contributed by atoms with E-state index in [0.717, 1.165) is 22.6 Å². The zero-order chi connectivity index (χ0) is 27.6. The third kappa shape index (κ3) is 5.55. The number of aromatic nitrogens is 3. The van der Waals surface area contributed by atoms with Gasteiger partial charge in [-0.3, -0.25) is 5.41 Å².